The van der Waals surface area contributed by atoms with Crippen molar-refractivity contribution in [1.29, 1.82) is 0 Å². The van der Waals surface area contributed by atoms with Crippen molar-refractivity contribution in [2.75, 3.05) is 33.5 Å². The summed E-state index contributed by atoms with van der Waals surface area (Å²) in [6, 6.07) is 7.38. The minimum Gasteiger partial charge on any atom is -0.497 e. The molecule has 0 atom stereocenters. The van der Waals surface area contributed by atoms with E-state index in [0.29, 0.717) is 6.54 Å². The highest BCUT2D eigenvalue weighted by Crippen LogP contribution is 2.12. The summed E-state index contributed by atoms with van der Waals surface area (Å²) in [5.74, 6) is 0.491. The quantitative estimate of drug-likeness (QED) is 0.751. The Morgan fingerprint density at radius 3 is 2.24 bits per heavy atom. The molecule has 0 heterocycles. The molecular formula is C14H22N2O4S. The molecule has 1 rings (SSSR count). The third-order valence-corrected chi connectivity index (χ3v) is 5.01. The fourth-order valence-corrected chi connectivity index (χ4v) is 2.47. The van der Waals surface area contributed by atoms with Gasteiger partial charge in [-0.3, -0.25) is 4.79 Å². The second-order valence-electron chi connectivity index (χ2n) is 4.75. The van der Waals surface area contributed by atoms with E-state index in [1.165, 1.54) is 11.9 Å². The van der Waals surface area contributed by atoms with E-state index in [1.807, 2.05) is 24.3 Å². The Morgan fingerprint density at radius 2 is 1.76 bits per heavy atom. The molecule has 0 radical (unpaired) electrons. The largest absolute Gasteiger partial charge is 0.497 e. The Kier molecular flexibility index (Phi) is 6.17. The van der Waals surface area contributed by atoms with Crippen LogP contribution in [0.25, 0.3) is 0 Å². The number of ether oxygens (including phenoxy) is 1. The Labute approximate surface area is 126 Å². The number of rotatable bonds is 7. The molecule has 0 spiro atoms. The molecule has 0 aliphatic carbocycles. The SMILES string of the molecule is CCS(=O)(=O)N(C)CC(=O)N(C)Cc1ccc(OC)cc1. The van der Waals surface area contributed by atoms with Crippen molar-refractivity contribution in [3.63, 3.8) is 0 Å². The summed E-state index contributed by atoms with van der Waals surface area (Å²) in [6.45, 7) is 1.82. The molecule has 0 unspecified atom stereocenters. The minimum absolute atomic E-state index is 0.0149. The third-order valence-electron chi connectivity index (χ3n) is 3.20. The van der Waals surface area contributed by atoms with Gasteiger partial charge in [0.25, 0.3) is 0 Å². The minimum atomic E-state index is -3.34. The van der Waals surface area contributed by atoms with E-state index in [1.54, 1.807) is 21.1 Å². The maximum absolute atomic E-state index is 12.0. The highest BCUT2D eigenvalue weighted by Gasteiger charge is 2.20. The first kappa shape index (κ1) is 17.5. The van der Waals surface area contributed by atoms with Gasteiger partial charge in [0.2, 0.25) is 15.9 Å². The van der Waals surface area contributed by atoms with Gasteiger partial charge in [-0.1, -0.05) is 12.1 Å². The van der Waals surface area contributed by atoms with Crippen molar-refractivity contribution in [2.24, 2.45) is 0 Å². The number of hydrogen-bond acceptors (Lipinski definition) is 4. The topological polar surface area (TPSA) is 66.9 Å². The zero-order chi connectivity index (χ0) is 16.0. The molecule has 0 fully saturated rings. The number of methoxy groups -OCH3 is 1. The number of carbonyl (C=O) groups is 1. The van der Waals surface area contributed by atoms with Crippen LogP contribution in [-0.4, -0.2) is 57.0 Å². The molecule has 1 aromatic carbocycles. The monoisotopic (exact) mass is 314 g/mol. The molecular weight excluding hydrogens is 292 g/mol. The highest BCUT2D eigenvalue weighted by molar-refractivity contribution is 7.89. The molecule has 1 aromatic rings. The normalized spacial score (nSPS) is 11.5. The summed E-state index contributed by atoms with van der Waals surface area (Å²) in [6.07, 6.45) is 0. The molecule has 0 aliphatic rings. The third kappa shape index (κ3) is 5.02. The van der Waals surface area contributed by atoms with E-state index in [4.69, 9.17) is 4.74 Å². The van der Waals surface area contributed by atoms with Gasteiger partial charge in [0.05, 0.1) is 19.4 Å². The molecule has 118 valence electrons. The molecule has 0 aliphatic heterocycles. The number of hydrogen-bond donors (Lipinski definition) is 0. The van der Waals surface area contributed by atoms with E-state index in [2.05, 4.69) is 0 Å². The van der Waals surface area contributed by atoms with Crippen LogP contribution in [0.4, 0.5) is 0 Å². The van der Waals surface area contributed by atoms with Gasteiger partial charge in [-0.05, 0) is 24.6 Å². The van der Waals surface area contributed by atoms with Crippen molar-refractivity contribution in [3.8, 4) is 5.75 Å². The van der Waals surface area contributed by atoms with Gasteiger partial charge >= 0.3 is 0 Å². The Bertz CT molecular complexity index is 569. The zero-order valence-corrected chi connectivity index (χ0v) is 13.7. The Hall–Kier alpha value is -1.60. The van der Waals surface area contributed by atoms with Gasteiger partial charge in [0, 0.05) is 20.6 Å². The summed E-state index contributed by atoms with van der Waals surface area (Å²) in [7, 11) is 1.32. The van der Waals surface area contributed by atoms with Gasteiger partial charge in [0.15, 0.2) is 0 Å². The van der Waals surface area contributed by atoms with E-state index in [0.717, 1.165) is 15.6 Å². The predicted octanol–water partition coefficient (Wildman–Crippen LogP) is 0.935. The molecule has 1 amide bonds. The van der Waals surface area contributed by atoms with Crippen molar-refractivity contribution < 1.29 is 17.9 Å². The molecule has 0 saturated carbocycles. The van der Waals surface area contributed by atoms with Crippen LogP contribution in [0, 0.1) is 0 Å². The number of benzene rings is 1. The number of nitrogens with zero attached hydrogens (tertiary/aromatic N) is 2. The zero-order valence-electron chi connectivity index (χ0n) is 12.9. The molecule has 6 nitrogen and oxygen atoms in total. The van der Waals surface area contributed by atoms with Gasteiger partial charge < -0.3 is 9.64 Å². The number of likely N-dealkylation sites (N-methyl/N-ethyl adjacent to an activating group) is 2. The van der Waals surface area contributed by atoms with Crippen LogP contribution in [0.5, 0.6) is 5.75 Å². The van der Waals surface area contributed by atoms with E-state index in [9.17, 15) is 13.2 Å². The van der Waals surface area contributed by atoms with Crippen LogP contribution in [0.3, 0.4) is 0 Å². The lowest BCUT2D eigenvalue weighted by atomic mass is 10.2. The summed E-state index contributed by atoms with van der Waals surface area (Å²) < 4.78 is 29.4. The van der Waals surface area contributed by atoms with Gasteiger partial charge in [-0.25, -0.2) is 8.42 Å². The van der Waals surface area contributed by atoms with Crippen LogP contribution in [0.15, 0.2) is 24.3 Å². The van der Waals surface area contributed by atoms with E-state index in [-0.39, 0.29) is 18.2 Å². The summed E-state index contributed by atoms with van der Waals surface area (Å²) in [4.78, 5) is 13.5. The standard InChI is InChI=1S/C14H22N2O4S/c1-5-21(18,19)16(3)11-14(17)15(2)10-12-6-8-13(20-4)9-7-12/h6-9H,5,10-11H2,1-4H3. The highest BCUT2D eigenvalue weighted by atomic mass is 32.2. The smallest absolute Gasteiger partial charge is 0.237 e. The van der Waals surface area contributed by atoms with Gasteiger partial charge in [-0.2, -0.15) is 4.31 Å². The second kappa shape index (κ2) is 7.42. The van der Waals surface area contributed by atoms with Crippen LogP contribution >= 0.6 is 0 Å². The van der Waals surface area contributed by atoms with Gasteiger partial charge in [-0.15, -0.1) is 0 Å². The number of amides is 1. The first-order valence-corrected chi connectivity index (χ1v) is 8.22. The summed E-state index contributed by atoms with van der Waals surface area (Å²) in [5.41, 5.74) is 0.952. The first-order valence-electron chi connectivity index (χ1n) is 6.61. The number of carbonyl (C=O) groups excluding carboxylic acids is 1. The van der Waals surface area contributed by atoms with E-state index >= 15 is 0 Å². The predicted molar refractivity (Wildman–Crippen MR) is 81.6 cm³/mol. The maximum atomic E-state index is 12.0. The lowest BCUT2D eigenvalue weighted by Crippen LogP contribution is -2.39. The lowest BCUT2D eigenvalue weighted by Gasteiger charge is -2.21. The maximum Gasteiger partial charge on any atom is 0.237 e. The van der Waals surface area contributed by atoms with Crippen molar-refractivity contribution in [3.05, 3.63) is 29.8 Å². The average Bonchev–Trinajstić information content (AvgIpc) is 2.47. The molecule has 0 aromatic heterocycles. The molecule has 0 N–H and O–H groups in total. The summed E-state index contributed by atoms with van der Waals surface area (Å²) in [5, 5.41) is 0. The van der Waals surface area contributed by atoms with Crippen LogP contribution in [-0.2, 0) is 21.4 Å². The average molecular weight is 314 g/mol. The fraction of sp³-hybridized carbons (Fsp3) is 0.500. The Morgan fingerprint density at radius 1 is 1.19 bits per heavy atom. The molecule has 21 heavy (non-hydrogen) atoms. The molecule has 0 bridgehead atoms. The van der Waals surface area contributed by atoms with Crippen molar-refractivity contribution in [2.45, 2.75) is 13.5 Å². The Balaban J connectivity index is 2.62. The lowest BCUT2D eigenvalue weighted by molar-refractivity contribution is -0.130. The molecule has 7 heteroatoms. The second-order valence-corrected chi connectivity index (χ2v) is 7.12. The fourth-order valence-electron chi connectivity index (χ4n) is 1.72. The summed E-state index contributed by atoms with van der Waals surface area (Å²) >= 11 is 0. The van der Waals surface area contributed by atoms with Crippen molar-refractivity contribution >= 4 is 15.9 Å². The number of sulfonamides is 1. The van der Waals surface area contributed by atoms with Crippen LogP contribution in [0.2, 0.25) is 0 Å². The molecule has 0 saturated heterocycles. The van der Waals surface area contributed by atoms with Crippen LogP contribution < -0.4 is 4.74 Å². The van der Waals surface area contributed by atoms with Crippen LogP contribution in [0.1, 0.15) is 12.5 Å². The first-order chi connectivity index (χ1) is 9.80. The van der Waals surface area contributed by atoms with E-state index < -0.39 is 10.0 Å². The van der Waals surface area contributed by atoms with Gasteiger partial charge in [0.1, 0.15) is 5.75 Å². The van der Waals surface area contributed by atoms with Crippen molar-refractivity contribution in [1.82, 2.24) is 9.21 Å².